The predicted octanol–water partition coefficient (Wildman–Crippen LogP) is 2.17. The maximum atomic E-state index is 8.55. The lowest BCUT2D eigenvalue weighted by Gasteiger charge is -1.97. The molecule has 0 atom stereocenters. The number of fused-ring (bicyclic) bond motifs is 2. The Labute approximate surface area is 137 Å². The third-order valence-electron chi connectivity index (χ3n) is 3.21. The maximum absolute atomic E-state index is 8.55. The highest BCUT2D eigenvalue weighted by atomic mass is 32.1. The number of nitrogens with two attached hydrogens (primary N) is 1. The van der Waals surface area contributed by atoms with Gasteiger partial charge in [0.1, 0.15) is 4.99 Å². The van der Waals surface area contributed by atoms with E-state index in [4.69, 9.17) is 23.2 Å². The fraction of sp³-hybridized carbons (Fsp3) is 0. The minimum absolute atomic E-state index is 0.415. The summed E-state index contributed by atoms with van der Waals surface area (Å²) in [6, 6.07) is 13.1. The minimum Gasteiger partial charge on any atom is -0.389 e. The minimum atomic E-state index is 0.415. The molecule has 0 bridgehead atoms. The number of pyridine rings is 2. The number of hydrogen-bond acceptors (Lipinski definition) is 4. The first-order chi connectivity index (χ1) is 11.2. The van der Waals surface area contributed by atoms with Gasteiger partial charge in [0, 0.05) is 30.4 Å². The Bertz CT molecular complexity index is 1020. The average molecular weight is 320 g/mol. The van der Waals surface area contributed by atoms with Crippen LogP contribution in [0.4, 0.5) is 0 Å². The van der Waals surface area contributed by atoms with Crippen LogP contribution in [0.3, 0.4) is 0 Å². The molecule has 0 aliphatic carbocycles. The van der Waals surface area contributed by atoms with Crippen LogP contribution in [0.2, 0.25) is 0 Å². The SMILES string of the molecule is N#Cc1ccn2nccc2c1.NC(=S)c1ccn2nccc2c1. The van der Waals surface area contributed by atoms with Gasteiger partial charge in [-0.25, -0.2) is 9.03 Å². The zero-order valence-electron chi connectivity index (χ0n) is 12.0. The van der Waals surface area contributed by atoms with E-state index in [9.17, 15) is 0 Å². The fourth-order valence-electron chi connectivity index (χ4n) is 2.07. The summed E-state index contributed by atoms with van der Waals surface area (Å²) >= 11 is 4.85. The van der Waals surface area contributed by atoms with Crippen LogP contribution in [0.25, 0.3) is 11.0 Å². The summed E-state index contributed by atoms with van der Waals surface area (Å²) in [4.78, 5) is 0.415. The molecule has 7 heteroatoms. The number of hydrogen-bond donors (Lipinski definition) is 1. The Kier molecular flexibility index (Phi) is 3.99. The third kappa shape index (κ3) is 3.17. The van der Waals surface area contributed by atoms with E-state index < -0.39 is 0 Å². The topological polar surface area (TPSA) is 84.4 Å². The van der Waals surface area contributed by atoms with E-state index in [1.54, 1.807) is 39.8 Å². The molecule has 0 unspecified atom stereocenters. The summed E-state index contributed by atoms with van der Waals surface area (Å²) in [5.74, 6) is 0. The van der Waals surface area contributed by atoms with Crippen molar-refractivity contribution in [3.63, 3.8) is 0 Å². The molecule has 0 saturated heterocycles. The smallest absolute Gasteiger partial charge is 0.104 e. The Hall–Kier alpha value is -3.24. The molecule has 0 aliphatic rings. The van der Waals surface area contributed by atoms with Crippen molar-refractivity contribution in [2.75, 3.05) is 0 Å². The second-order valence-corrected chi connectivity index (χ2v) is 5.15. The summed E-state index contributed by atoms with van der Waals surface area (Å²) in [5.41, 5.74) is 8.96. The molecular weight excluding hydrogens is 308 g/mol. The molecule has 0 radical (unpaired) electrons. The average Bonchev–Trinajstić information content (AvgIpc) is 3.22. The molecule has 0 aromatic carbocycles. The van der Waals surface area contributed by atoms with Gasteiger partial charge in [-0.05, 0) is 36.4 Å². The lowest BCUT2D eigenvalue weighted by molar-refractivity contribution is 0.960. The van der Waals surface area contributed by atoms with Crippen LogP contribution >= 0.6 is 12.2 Å². The van der Waals surface area contributed by atoms with E-state index >= 15 is 0 Å². The van der Waals surface area contributed by atoms with Gasteiger partial charge in [0.15, 0.2) is 0 Å². The van der Waals surface area contributed by atoms with E-state index in [-0.39, 0.29) is 0 Å². The molecule has 23 heavy (non-hydrogen) atoms. The maximum Gasteiger partial charge on any atom is 0.104 e. The van der Waals surface area contributed by atoms with Crippen molar-refractivity contribution in [2.45, 2.75) is 0 Å². The van der Waals surface area contributed by atoms with E-state index in [1.807, 2.05) is 30.5 Å². The van der Waals surface area contributed by atoms with Gasteiger partial charge in [0.25, 0.3) is 0 Å². The van der Waals surface area contributed by atoms with Crippen molar-refractivity contribution in [1.29, 1.82) is 5.26 Å². The number of nitrogens with zero attached hydrogens (tertiary/aromatic N) is 5. The van der Waals surface area contributed by atoms with E-state index in [0.29, 0.717) is 10.6 Å². The van der Waals surface area contributed by atoms with E-state index in [0.717, 1.165) is 16.6 Å². The van der Waals surface area contributed by atoms with Crippen molar-refractivity contribution in [3.05, 3.63) is 72.3 Å². The van der Waals surface area contributed by atoms with E-state index in [1.165, 1.54) is 0 Å². The van der Waals surface area contributed by atoms with Crippen LogP contribution in [-0.4, -0.2) is 24.2 Å². The van der Waals surface area contributed by atoms with Crippen LogP contribution in [0, 0.1) is 11.3 Å². The Morgan fingerprint density at radius 2 is 1.61 bits per heavy atom. The summed E-state index contributed by atoms with van der Waals surface area (Å²) in [5, 5.41) is 16.6. The second-order valence-electron chi connectivity index (χ2n) is 4.71. The van der Waals surface area contributed by atoms with Gasteiger partial charge < -0.3 is 5.73 Å². The second kappa shape index (κ2) is 6.25. The first-order valence-electron chi connectivity index (χ1n) is 6.74. The standard InChI is InChI=1S/C8H7N3S.C8H5N3/c9-8(12)6-2-4-11-7(5-6)1-3-10-11;9-6-7-2-4-11-8(5-7)1-3-10-11/h1-5H,(H2,9,12);1-5H. The molecule has 0 saturated carbocycles. The molecule has 0 spiro atoms. The Morgan fingerprint density at radius 3 is 2.22 bits per heavy atom. The number of aromatic nitrogens is 4. The monoisotopic (exact) mass is 320 g/mol. The highest BCUT2D eigenvalue weighted by Gasteiger charge is 1.97. The highest BCUT2D eigenvalue weighted by molar-refractivity contribution is 7.80. The Balaban J connectivity index is 0.000000136. The number of nitriles is 1. The van der Waals surface area contributed by atoms with Crippen LogP contribution < -0.4 is 5.73 Å². The predicted molar refractivity (Wildman–Crippen MR) is 91.0 cm³/mol. The highest BCUT2D eigenvalue weighted by Crippen LogP contribution is 2.06. The molecule has 4 aromatic rings. The molecule has 4 aromatic heterocycles. The molecule has 4 heterocycles. The van der Waals surface area contributed by atoms with Gasteiger partial charge in [-0.2, -0.15) is 15.5 Å². The third-order valence-corrected chi connectivity index (χ3v) is 3.45. The van der Waals surface area contributed by atoms with Crippen molar-refractivity contribution in [1.82, 2.24) is 19.2 Å². The summed E-state index contributed by atoms with van der Waals surface area (Å²) in [6.07, 6.45) is 7.05. The number of rotatable bonds is 1. The van der Waals surface area contributed by atoms with Crippen LogP contribution in [0.1, 0.15) is 11.1 Å². The van der Waals surface area contributed by atoms with Crippen LogP contribution in [-0.2, 0) is 0 Å². The van der Waals surface area contributed by atoms with Gasteiger partial charge in [0.05, 0.1) is 22.7 Å². The Morgan fingerprint density at radius 1 is 1.00 bits per heavy atom. The molecule has 6 nitrogen and oxygen atoms in total. The molecule has 0 amide bonds. The molecular formula is C16H12N6S. The van der Waals surface area contributed by atoms with Crippen molar-refractivity contribution < 1.29 is 0 Å². The largest absolute Gasteiger partial charge is 0.389 e. The van der Waals surface area contributed by atoms with Crippen molar-refractivity contribution in [3.8, 4) is 6.07 Å². The molecule has 4 rings (SSSR count). The van der Waals surface area contributed by atoms with Gasteiger partial charge in [0.2, 0.25) is 0 Å². The summed E-state index contributed by atoms with van der Waals surface area (Å²) < 4.78 is 3.49. The van der Waals surface area contributed by atoms with Gasteiger partial charge >= 0.3 is 0 Å². The van der Waals surface area contributed by atoms with Crippen LogP contribution in [0.5, 0.6) is 0 Å². The first kappa shape index (κ1) is 14.7. The van der Waals surface area contributed by atoms with Gasteiger partial charge in [-0.1, -0.05) is 12.2 Å². The zero-order valence-corrected chi connectivity index (χ0v) is 12.8. The molecule has 0 fully saturated rings. The normalized spacial score (nSPS) is 10.0. The number of thiocarbonyl (C=S) groups is 1. The van der Waals surface area contributed by atoms with E-state index in [2.05, 4.69) is 16.3 Å². The zero-order chi connectivity index (χ0) is 16.2. The molecule has 0 aliphatic heterocycles. The molecule has 112 valence electrons. The summed E-state index contributed by atoms with van der Waals surface area (Å²) in [6.45, 7) is 0. The summed E-state index contributed by atoms with van der Waals surface area (Å²) in [7, 11) is 0. The first-order valence-corrected chi connectivity index (χ1v) is 7.15. The van der Waals surface area contributed by atoms with Crippen molar-refractivity contribution in [2.24, 2.45) is 5.73 Å². The van der Waals surface area contributed by atoms with Crippen molar-refractivity contribution >= 4 is 28.2 Å². The van der Waals surface area contributed by atoms with Gasteiger partial charge in [-0.15, -0.1) is 0 Å². The fourth-order valence-corrected chi connectivity index (χ4v) is 2.19. The lowest BCUT2D eigenvalue weighted by atomic mass is 10.2. The van der Waals surface area contributed by atoms with Gasteiger partial charge in [-0.3, -0.25) is 0 Å². The quantitative estimate of drug-likeness (QED) is 0.543. The van der Waals surface area contributed by atoms with Crippen LogP contribution in [0.15, 0.2) is 61.2 Å². The lowest BCUT2D eigenvalue weighted by Crippen LogP contribution is -2.09. The molecule has 2 N–H and O–H groups in total.